The molecular weight excluding hydrogens is 210 g/mol. The SMILES string of the molecule is CC(C)c1cccc(N(C)C2CCN(C)C2)n1. The van der Waals surface area contributed by atoms with Crippen molar-refractivity contribution in [2.24, 2.45) is 0 Å². The van der Waals surface area contributed by atoms with Crippen LogP contribution in [0.15, 0.2) is 18.2 Å². The molecule has 0 bridgehead atoms. The topological polar surface area (TPSA) is 19.4 Å². The van der Waals surface area contributed by atoms with Gasteiger partial charge in [-0.25, -0.2) is 4.98 Å². The van der Waals surface area contributed by atoms with Gasteiger partial charge in [-0.05, 0) is 38.1 Å². The van der Waals surface area contributed by atoms with E-state index < -0.39 is 0 Å². The Bertz CT molecular complexity index is 375. The first-order valence-electron chi connectivity index (χ1n) is 6.46. The number of hydrogen-bond acceptors (Lipinski definition) is 3. The van der Waals surface area contributed by atoms with E-state index in [2.05, 4.69) is 55.9 Å². The number of hydrogen-bond donors (Lipinski definition) is 0. The van der Waals surface area contributed by atoms with Gasteiger partial charge in [-0.1, -0.05) is 19.9 Å². The van der Waals surface area contributed by atoms with E-state index in [1.165, 1.54) is 18.7 Å². The first kappa shape index (κ1) is 12.4. The normalized spacial score (nSPS) is 21.1. The van der Waals surface area contributed by atoms with E-state index in [9.17, 15) is 0 Å². The van der Waals surface area contributed by atoms with Gasteiger partial charge in [0.2, 0.25) is 0 Å². The van der Waals surface area contributed by atoms with Gasteiger partial charge in [0, 0.05) is 25.3 Å². The number of aromatic nitrogens is 1. The third kappa shape index (κ3) is 2.78. The van der Waals surface area contributed by atoms with E-state index in [0.717, 1.165) is 12.4 Å². The molecule has 0 amide bonds. The van der Waals surface area contributed by atoms with Crippen molar-refractivity contribution in [1.29, 1.82) is 0 Å². The number of rotatable bonds is 3. The summed E-state index contributed by atoms with van der Waals surface area (Å²) in [6.07, 6.45) is 1.24. The number of nitrogens with zero attached hydrogens (tertiary/aromatic N) is 3. The van der Waals surface area contributed by atoms with Crippen LogP contribution in [0, 0.1) is 0 Å². The molecule has 1 aliphatic heterocycles. The lowest BCUT2D eigenvalue weighted by atomic mass is 10.1. The van der Waals surface area contributed by atoms with Crippen LogP contribution in [0.25, 0.3) is 0 Å². The van der Waals surface area contributed by atoms with Crippen LogP contribution in [0.2, 0.25) is 0 Å². The van der Waals surface area contributed by atoms with Crippen molar-refractivity contribution in [3.05, 3.63) is 23.9 Å². The molecule has 2 rings (SSSR count). The molecule has 1 aromatic heterocycles. The highest BCUT2D eigenvalue weighted by Crippen LogP contribution is 2.21. The van der Waals surface area contributed by atoms with E-state index in [0.29, 0.717) is 12.0 Å². The van der Waals surface area contributed by atoms with Crippen LogP contribution < -0.4 is 4.90 Å². The Morgan fingerprint density at radius 1 is 1.41 bits per heavy atom. The van der Waals surface area contributed by atoms with E-state index in [1.807, 2.05) is 0 Å². The highest BCUT2D eigenvalue weighted by atomic mass is 15.3. The third-order valence-corrected chi connectivity index (χ3v) is 3.62. The van der Waals surface area contributed by atoms with Crippen LogP contribution in [0.1, 0.15) is 31.9 Å². The number of likely N-dealkylation sites (tertiary alicyclic amines) is 1. The molecule has 2 heterocycles. The fraction of sp³-hybridized carbons (Fsp3) is 0.643. The lowest BCUT2D eigenvalue weighted by molar-refractivity contribution is 0.409. The highest BCUT2D eigenvalue weighted by Gasteiger charge is 2.24. The van der Waals surface area contributed by atoms with Gasteiger partial charge in [-0.15, -0.1) is 0 Å². The molecule has 1 atom stereocenters. The Morgan fingerprint density at radius 2 is 2.18 bits per heavy atom. The molecule has 3 heteroatoms. The summed E-state index contributed by atoms with van der Waals surface area (Å²) < 4.78 is 0. The average Bonchev–Trinajstić information content (AvgIpc) is 2.75. The van der Waals surface area contributed by atoms with E-state index in [4.69, 9.17) is 4.98 Å². The molecule has 0 N–H and O–H groups in total. The summed E-state index contributed by atoms with van der Waals surface area (Å²) in [7, 11) is 4.35. The molecule has 94 valence electrons. The van der Waals surface area contributed by atoms with Gasteiger partial charge in [0.15, 0.2) is 0 Å². The monoisotopic (exact) mass is 233 g/mol. The second kappa shape index (κ2) is 5.05. The van der Waals surface area contributed by atoms with Crippen molar-refractivity contribution in [3.8, 4) is 0 Å². The molecule has 17 heavy (non-hydrogen) atoms. The molecule has 1 unspecified atom stereocenters. The Kier molecular flexibility index (Phi) is 3.67. The molecule has 1 fully saturated rings. The van der Waals surface area contributed by atoms with Crippen LogP contribution in [0.5, 0.6) is 0 Å². The third-order valence-electron chi connectivity index (χ3n) is 3.62. The van der Waals surface area contributed by atoms with E-state index >= 15 is 0 Å². The maximum absolute atomic E-state index is 4.75. The van der Waals surface area contributed by atoms with Gasteiger partial charge < -0.3 is 9.80 Å². The molecule has 0 spiro atoms. The number of anilines is 1. The first-order valence-corrected chi connectivity index (χ1v) is 6.46. The summed E-state index contributed by atoms with van der Waals surface area (Å²) >= 11 is 0. The predicted molar refractivity (Wildman–Crippen MR) is 72.6 cm³/mol. The second-order valence-corrected chi connectivity index (χ2v) is 5.39. The lowest BCUT2D eigenvalue weighted by Gasteiger charge is -2.26. The summed E-state index contributed by atoms with van der Waals surface area (Å²) in [5.74, 6) is 1.60. The van der Waals surface area contributed by atoms with Crippen LogP contribution in [0.4, 0.5) is 5.82 Å². The molecule has 0 saturated carbocycles. The van der Waals surface area contributed by atoms with Crippen molar-refractivity contribution >= 4 is 5.82 Å². The Balaban J connectivity index is 2.13. The van der Waals surface area contributed by atoms with Gasteiger partial charge in [-0.3, -0.25) is 0 Å². The van der Waals surface area contributed by atoms with Crippen molar-refractivity contribution in [3.63, 3.8) is 0 Å². The van der Waals surface area contributed by atoms with Gasteiger partial charge >= 0.3 is 0 Å². The fourth-order valence-electron chi connectivity index (χ4n) is 2.37. The van der Waals surface area contributed by atoms with Crippen molar-refractivity contribution in [2.75, 3.05) is 32.1 Å². The minimum absolute atomic E-state index is 0.495. The minimum Gasteiger partial charge on any atom is -0.355 e. The first-order chi connectivity index (χ1) is 8.08. The molecule has 0 radical (unpaired) electrons. The Labute approximate surface area is 104 Å². The molecule has 3 nitrogen and oxygen atoms in total. The van der Waals surface area contributed by atoms with E-state index in [-0.39, 0.29) is 0 Å². The average molecular weight is 233 g/mol. The largest absolute Gasteiger partial charge is 0.355 e. The van der Waals surface area contributed by atoms with Crippen LogP contribution in [0.3, 0.4) is 0 Å². The smallest absolute Gasteiger partial charge is 0.128 e. The second-order valence-electron chi connectivity index (χ2n) is 5.39. The molecular formula is C14H23N3. The molecule has 1 aromatic rings. The zero-order valence-corrected chi connectivity index (χ0v) is 11.3. The van der Waals surface area contributed by atoms with Gasteiger partial charge in [0.05, 0.1) is 0 Å². The summed E-state index contributed by atoms with van der Waals surface area (Å²) in [4.78, 5) is 9.46. The zero-order valence-electron chi connectivity index (χ0n) is 11.3. The van der Waals surface area contributed by atoms with Crippen LogP contribution >= 0.6 is 0 Å². The standard InChI is InChI=1S/C14H23N3/c1-11(2)13-6-5-7-14(15-13)17(4)12-8-9-16(3)10-12/h5-7,11-12H,8-10H2,1-4H3. The van der Waals surface area contributed by atoms with Gasteiger partial charge in [0.25, 0.3) is 0 Å². The molecule has 1 aliphatic rings. The fourth-order valence-corrected chi connectivity index (χ4v) is 2.37. The van der Waals surface area contributed by atoms with Crippen molar-refractivity contribution < 1.29 is 0 Å². The number of pyridine rings is 1. The summed E-state index contributed by atoms with van der Waals surface area (Å²) in [5, 5.41) is 0. The van der Waals surface area contributed by atoms with Crippen molar-refractivity contribution in [1.82, 2.24) is 9.88 Å². The molecule has 0 aliphatic carbocycles. The van der Waals surface area contributed by atoms with Gasteiger partial charge in [0.1, 0.15) is 5.82 Å². The number of likely N-dealkylation sites (N-methyl/N-ethyl adjacent to an activating group) is 2. The predicted octanol–water partition coefficient (Wildman–Crippen LogP) is 2.35. The quantitative estimate of drug-likeness (QED) is 0.799. The maximum atomic E-state index is 4.75. The highest BCUT2D eigenvalue weighted by molar-refractivity contribution is 5.40. The maximum Gasteiger partial charge on any atom is 0.128 e. The minimum atomic E-state index is 0.495. The van der Waals surface area contributed by atoms with E-state index in [1.54, 1.807) is 0 Å². The molecule has 1 saturated heterocycles. The lowest BCUT2D eigenvalue weighted by Crippen LogP contribution is -2.34. The summed E-state index contributed by atoms with van der Waals surface area (Å²) in [6, 6.07) is 6.95. The van der Waals surface area contributed by atoms with Gasteiger partial charge in [-0.2, -0.15) is 0 Å². The van der Waals surface area contributed by atoms with Crippen molar-refractivity contribution in [2.45, 2.75) is 32.2 Å². The molecule has 0 aromatic carbocycles. The summed E-state index contributed by atoms with van der Waals surface area (Å²) in [5.41, 5.74) is 1.18. The Hall–Kier alpha value is -1.09. The Morgan fingerprint density at radius 3 is 2.76 bits per heavy atom. The summed E-state index contributed by atoms with van der Waals surface area (Å²) in [6.45, 7) is 6.72. The van der Waals surface area contributed by atoms with Crippen LogP contribution in [-0.4, -0.2) is 43.1 Å². The zero-order chi connectivity index (χ0) is 12.4. The van der Waals surface area contributed by atoms with Crippen LogP contribution in [-0.2, 0) is 0 Å².